The molecule has 0 saturated carbocycles. The zero-order chi connectivity index (χ0) is 21.1. The molecule has 0 atom stereocenters. The molecule has 0 N–H and O–H groups in total. The number of ether oxygens (including phenoxy) is 4. The normalized spacial score (nSPS) is 11.2. The predicted molar refractivity (Wildman–Crippen MR) is 127 cm³/mol. The maximum Gasteiger partial charge on any atom is 0.188 e. The fraction of sp³-hybridized carbons (Fsp3) is 0.167. The highest BCUT2D eigenvalue weighted by Gasteiger charge is 2.19. The van der Waals surface area contributed by atoms with Gasteiger partial charge in [0.05, 0.1) is 0 Å². The van der Waals surface area contributed by atoms with E-state index in [1.807, 2.05) is 36.4 Å². The average Bonchev–Trinajstić information content (AvgIpc) is 2.75. The van der Waals surface area contributed by atoms with E-state index >= 15 is 0 Å². The Bertz CT molecular complexity index is 1110. The minimum Gasteiger partial charge on any atom is -0.467 e. The molecule has 0 fully saturated rings. The van der Waals surface area contributed by atoms with Crippen LogP contribution in [0, 0.1) is 0 Å². The van der Waals surface area contributed by atoms with Gasteiger partial charge in [0.2, 0.25) is 0 Å². The first kappa shape index (κ1) is 21.1. The van der Waals surface area contributed by atoms with Crippen molar-refractivity contribution in [1.82, 2.24) is 0 Å². The van der Waals surface area contributed by atoms with Crippen molar-refractivity contribution >= 4 is 53.4 Å². The number of benzene rings is 4. The third kappa shape index (κ3) is 4.18. The molecule has 154 valence electrons. The van der Waals surface area contributed by atoms with Crippen molar-refractivity contribution in [2.75, 3.05) is 27.8 Å². The molecular weight excluding hydrogens is 512 g/mol. The molecule has 0 bridgehead atoms. The highest BCUT2D eigenvalue weighted by atomic mass is 79.9. The Morgan fingerprint density at radius 2 is 1.03 bits per heavy atom. The van der Waals surface area contributed by atoms with Crippen LogP contribution in [0.3, 0.4) is 0 Å². The van der Waals surface area contributed by atoms with Crippen molar-refractivity contribution in [3.63, 3.8) is 0 Å². The van der Waals surface area contributed by atoms with Crippen LogP contribution < -0.4 is 9.47 Å². The minimum atomic E-state index is 0.152. The zero-order valence-corrected chi connectivity index (χ0v) is 19.7. The fourth-order valence-corrected chi connectivity index (χ4v) is 4.32. The first-order valence-electron chi connectivity index (χ1n) is 9.30. The van der Waals surface area contributed by atoms with Crippen LogP contribution in [0.15, 0.2) is 69.6 Å². The van der Waals surface area contributed by atoms with E-state index in [0.29, 0.717) is 0 Å². The van der Waals surface area contributed by atoms with Gasteiger partial charge in [-0.15, -0.1) is 0 Å². The van der Waals surface area contributed by atoms with Gasteiger partial charge in [-0.05, 0) is 57.9 Å². The molecule has 4 nitrogen and oxygen atoms in total. The molecule has 4 rings (SSSR count). The van der Waals surface area contributed by atoms with Crippen LogP contribution in [0.25, 0.3) is 32.7 Å². The Hall–Kier alpha value is -2.12. The Morgan fingerprint density at radius 1 is 0.600 bits per heavy atom. The molecule has 0 spiro atoms. The lowest BCUT2D eigenvalue weighted by atomic mass is 9.92. The molecule has 0 unspecified atom stereocenters. The molecule has 0 heterocycles. The van der Waals surface area contributed by atoms with Gasteiger partial charge >= 0.3 is 0 Å². The molecule has 0 aliphatic carbocycles. The van der Waals surface area contributed by atoms with Crippen molar-refractivity contribution in [2.24, 2.45) is 0 Å². The summed E-state index contributed by atoms with van der Waals surface area (Å²) in [6.07, 6.45) is 0. The summed E-state index contributed by atoms with van der Waals surface area (Å²) in [4.78, 5) is 0. The standard InChI is InChI=1S/C24H20Br2O4/c1-27-13-29-21-9-3-15-11-17(25)5-7-19(15)23(21)24-20-8-6-18(26)12-16(20)4-10-22(24)30-14-28-2/h3-12H,13-14H2,1-2H3. The van der Waals surface area contributed by atoms with Gasteiger partial charge in [-0.25, -0.2) is 0 Å². The Kier molecular flexibility index (Phi) is 6.58. The van der Waals surface area contributed by atoms with Crippen LogP contribution in [0.2, 0.25) is 0 Å². The average molecular weight is 532 g/mol. The van der Waals surface area contributed by atoms with Crippen molar-refractivity contribution in [3.05, 3.63) is 69.6 Å². The van der Waals surface area contributed by atoms with Crippen LogP contribution in [-0.2, 0) is 9.47 Å². The van der Waals surface area contributed by atoms with Crippen LogP contribution in [0.1, 0.15) is 0 Å². The summed E-state index contributed by atoms with van der Waals surface area (Å²) in [5, 5.41) is 4.31. The third-order valence-electron chi connectivity index (χ3n) is 4.80. The van der Waals surface area contributed by atoms with Gasteiger partial charge in [0, 0.05) is 34.3 Å². The van der Waals surface area contributed by atoms with Gasteiger partial charge in [-0.3, -0.25) is 0 Å². The molecule has 0 aliphatic rings. The van der Waals surface area contributed by atoms with Gasteiger partial charge in [0.1, 0.15) is 11.5 Å². The fourth-order valence-electron chi connectivity index (χ4n) is 3.56. The van der Waals surface area contributed by atoms with Crippen LogP contribution in [0.4, 0.5) is 0 Å². The van der Waals surface area contributed by atoms with Crippen molar-refractivity contribution in [2.45, 2.75) is 0 Å². The predicted octanol–water partition coefficient (Wildman–Crippen LogP) is 7.15. The summed E-state index contributed by atoms with van der Waals surface area (Å²) in [7, 11) is 3.22. The number of methoxy groups -OCH3 is 2. The molecule has 0 aromatic heterocycles. The zero-order valence-electron chi connectivity index (χ0n) is 16.6. The molecule has 30 heavy (non-hydrogen) atoms. The first-order valence-corrected chi connectivity index (χ1v) is 10.9. The molecule has 4 aromatic carbocycles. The number of rotatable bonds is 7. The molecule has 0 radical (unpaired) electrons. The Balaban J connectivity index is 2.09. The monoisotopic (exact) mass is 530 g/mol. The van der Waals surface area contributed by atoms with Gasteiger partial charge < -0.3 is 18.9 Å². The largest absolute Gasteiger partial charge is 0.467 e. The third-order valence-corrected chi connectivity index (χ3v) is 5.79. The van der Waals surface area contributed by atoms with E-state index in [2.05, 4.69) is 56.1 Å². The topological polar surface area (TPSA) is 36.9 Å². The van der Waals surface area contributed by atoms with Crippen LogP contribution in [-0.4, -0.2) is 27.8 Å². The summed E-state index contributed by atoms with van der Waals surface area (Å²) in [6, 6.07) is 20.5. The molecule has 0 amide bonds. The van der Waals surface area contributed by atoms with Crippen molar-refractivity contribution in [1.29, 1.82) is 0 Å². The number of fused-ring (bicyclic) bond motifs is 2. The Labute approximate surface area is 192 Å². The van der Waals surface area contributed by atoms with Gasteiger partial charge in [0.15, 0.2) is 13.6 Å². The summed E-state index contributed by atoms with van der Waals surface area (Å²) in [5.74, 6) is 1.45. The molecule has 0 aliphatic heterocycles. The van der Waals surface area contributed by atoms with E-state index in [-0.39, 0.29) is 13.6 Å². The number of hydrogen-bond donors (Lipinski definition) is 0. The molecule has 6 heteroatoms. The second-order valence-electron chi connectivity index (χ2n) is 6.71. The van der Waals surface area contributed by atoms with E-state index in [4.69, 9.17) is 18.9 Å². The number of hydrogen-bond acceptors (Lipinski definition) is 4. The smallest absolute Gasteiger partial charge is 0.188 e. The van der Waals surface area contributed by atoms with Gasteiger partial charge in [-0.1, -0.05) is 56.1 Å². The van der Waals surface area contributed by atoms with Crippen molar-refractivity contribution in [3.8, 4) is 22.6 Å². The van der Waals surface area contributed by atoms with Gasteiger partial charge in [-0.2, -0.15) is 0 Å². The summed E-state index contributed by atoms with van der Waals surface area (Å²) >= 11 is 7.14. The first-order chi connectivity index (χ1) is 14.6. The quantitative estimate of drug-likeness (QED) is 0.237. The summed E-state index contributed by atoms with van der Waals surface area (Å²) < 4.78 is 24.4. The van der Waals surface area contributed by atoms with E-state index in [9.17, 15) is 0 Å². The lowest BCUT2D eigenvalue weighted by molar-refractivity contribution is 0.0502. The second-order valence-corrected chi connectivity index (χ2v) is 8.54. The SMILES string of the molecule is COCOc1ccc2cc(Br)ccc2c1-c1c(OCOC)ccc2cc(Br)ccc12. The van der Waals surface area contributed by atoms with E-state index in [1.165, 1.54) is 0 Å². The van der Waals surface area contributed by atoms with Gasteiger partial charge in [0.25, 0.3) is 0 Å². The highest BCUT2D eigenvalue weighted by Crippen LogP contribution is 2.46. The summed E-state index contributed by atoms with van der Waals surface area (Å²) in [5.41, 5.74) is 1.91. The lowest BCUT2D eigenvalue weighted by Gasteiger charge is -2.19. The minimum absolute atomic E-state index is 0.152. The molecule has 4 aromatic rings. The van der Waals surface area contributed by atoms with E-state index in [1.54, 1.807) is 14.2 Å². The summed E-state index contributed by atoms with van der Waals surface area (Å²) in [6.45, 7) is 0.305. The lowest BCUT2D eigenvalue weighted by Crippen LogP contribution is -2.03. The molecular formula is C24H20Br2O4. The van der Waals surface area contributed by atoms with E-state index < -0.39 is 0 Å². The van der Waals surface area contributed by atoms with Crippen molar-refractivity contribution < 1.29 is 18.9 Å². The maximum atomic E-state index is 5.98. The second kappa shape index (κ2) is 9.35. The number of halogens is 2. The van der Waals surface area contributed by atoms with E-state index in [0.717, 1.165) is 53.1 Å². The van der Waals surface area contributed by atoms with Crippen LogP contribution >= 0.6 is 31.9 Å². The maximum absolute atomic E-state index is 5.98. The van der Waals surface area contributed by atoms with Crippen LogP contribution in [0.5, 0.6) is 11.5 Å². The molecule has 0 saturated heterocycles. The highest BCUT2D eigenvalue weighted by molar-refractivity contribution is 9.10. The Morgan fingerprint density at radius 3 is 1.43 bits per heavy atom.